The number of urea groups is 1. The zero-order valence-corrected chi connectivity index (χ0v) is 14.2. The van der Waals surface area contributed by atoms with Crippen LogP contribution in [0.2, 0.25) is 0 Å². The predicted octanol–water partition coefficient (Wildman–Crippen LogP) is 0.813. The summed E-state index contributed by atoms with van der Waals surface area (Å²) in [6.07, 6.45) is 2.48. The molecule has 2 aliphatic heterocycles. The summed E-state index contributed by atoms with van der Waals surface area (Å²) in [6, 6.07) is 1.99. The fourth-order valence-corrected chi connectivity index (χ4v) is 3.61. The van der Waals surface area contributed by atoms with Crippen LogP contribution in [0.5, 0.6) is 0 Å². The zero-order valence-electron chi connectivity index (χ0n) is 14.2. The Balaban J connectivity index is 1.57. The Morgan fingerprint density at radius 3 is 2.71 bits per heavy atom. The summed E-state index contributed by atoms with van der Waals surface area (Å²) in [5.74, 6) is -0.185. The normalized spacial score (nSPS) is 24.2. The number of rotatable bonds is 3. The van der Waals surface area contributed by atoms with E-state index in [2.05, 4.69) is 21.4 Å². The molecule has 0 aromatic carbocycles. The van der Waals surface area contributed by atoms with Crippen LogP contribution >= 0.6 is 0 Å². The van der Waals surface area contributed by atoms with Crippen molar-refractivity contribution in [2.45, 2.75) is 32.2 Å². The van der Waals surface area contributed by atoms with Gasteiger partial charge in [-0.15, -0.1) is 0 Å². The summed E-state index contributed by atoms with van der Waals surface area (Å²) in [5, 5.41) is 16.5. The average Bonchev–Trinajstić information content (AvgIpc) is 3.14. The number of hydrogen-bond donors (Lipinski definition) is 2. The molecule has 132 valence electrons. The predicted molar refractivity (Wildman–Crippen MR) is 89.0 cm³/mol. The largest absolute Gasteiger partial charge is 0.481 e. The molecule has 24 heavy (non-hydrogen) atoms. The fourth-order valence-electron chi connectivity index (χ4n) is 3.61. The lowest BCUT2D eigenvalue weighted by atomic mass is 10.1. The van der Waals surface area contributed by atoms with Crippen LogP contribution in [-0.4, -0.2) is 64.0 Å². The number of carbonyl (C=O) groups is 2. The van der Waals surface area contributed by atoms with E-state index in [1.807, 2.05) is 18.7 Å². The lowest BCUT2D eigenvalue weighted by Gasteiger charge is -2.35. The van der Waals surface area contributed by atoms with Crippen molar-refractivity contribution in [1.29, 1.82) is 0 Å². The standard InChI is InChI=1S/C16H25N5O3/c1-11-8-14(19(2)18-11)20-6-3-4-13(10-20)17-16(24)21-7-5-12(9-21)15(22)23/h8,12-13H,3-7,9-10H2,1-2H3,(H,17,24)(H,22,23). The zero-order chi connectivity index (χ0) is 17.3. The molecular weight excluding hydrogens is 310 g/mol. The number of carboxylic acid groups (broad SMARTS) is 1. The van der Waals surface area contributed by atoms with Crippen LogP contribution < -0.4 is 10.2 Å². The number of aromatic nitrogens is 2. The molecule has 2 amide bonds. The Hall–Kier alpha value is -2.25. The highest BCUT2D eigenvalue weighted by Gasteiger charge is 2.32. The molecule has 2 aliphatic rings. The van der Waals surface area contributed by atoms with Gasteiger partial charge in [0.25, 0.3) is 0 Å². The highest BCUT2D eigenvalue weighted by molar-refractivity contribution is 5.77. The molecule has 8 nitrogen and oxygen atoms in total. The molecule has 8 heteroatoms. The third-order valence-corrected chi connectivity index (χ3v) is 4.87. The number of aryl methyl sites for hydroxylation is 2. The van der Waals surface area contributed by atoms with Gasteiger partial charge in [0.15, 0.2) is 0 Å². The maximum absolute atomic E-state index is 12.4. The van der Waals surface area contributed by atoms with Gasteiger partial charge in [-0.2, -0.15) is 5.10 Å². The van der Waals surface area contributed by atoms with Gasteiger partial charge in [0.2, 0.25) is 0 Å². The van der Waals surface area contributed by atoms with Gasteiger partial charge in [0, 0.05) is 45.3 Å². The Labute approximate surface area is 141 Å². The third kappa shape index (κ3) is 3.47. The molecule has 3 rings (SSSR count). The summed E-state index contributed by atoms with van der Waals surface area (Å²) in [6.45, 7) is 4.49. The molecule has 2 unspecified atom stereocenters. The molecule has 0 spiro atoms. The SMILES string of the molecule is Cc1cc(N2CCCC(NC(=O)N3CCC(C(=O)O)C3)C2)n(C)n1. The van der Waals surface area contributed by atoms with Gasteiger partial charge < -0.3 is 20.2 Å². The van der Waals surface area contributed by atoms with Gasteiger partial charge >= 0.3 is 12.0 Å². The van der Waals surface area contributed by atoms with E-state index in [1.165, 1.54) is 0 Å². The summed E-state index contributed by atoms with van der Waals surface area (Å²) in [5.41, 5.74) is 0.982. The van der Waals surface area contributed by atoms with Crippen molar-refractivity contribution in [2.24, 2.45) is 13.0 Å². The lowest BCUT2D eigenvalue weighted by molar-refractivity contribution is -0.141. The molecule has 0 radical (unpaired) electrons. The molecule has 2 N–H and O–H groups in total. The molecule has 2 atom stereocenters. The second-order valence-electron chi connectivity index (χ2n) is 6.77. The number of likely N-dealkylation sites (tertiary alicyclic amines) is 1. The minimum atomic E-state index is -0.819. The average molecular weight is 335 g/mol. The van der Waals surface area contributed by atoms with Crippen LogP contribution in [0.25, 0.3) is 0 Å². The summed E-state index contributed by atoms with van der Waals surface area (Å²) in [4.78, 5) is 27.3. The van der Waals surface area contributed by atoms with Crippen molar-refractivity contribution in [3.8, 4) is 0 Å². The van der Waals surface area contributed by atoms with Crippen molar-refractivity contribution in [1.82, 2.24) is 20.0 Å². The van der Waals surface area contributed by atoms with E-state index in [1.54, 1.807) is 4.90 Å². The van der Waals surface area contributed by atoms with Gasteiger partial charge in [-0.1, -0.05) is 0 Å². The molecule has 2 fully saturated rings. The number of hydrogen-bond acceptors (Lipinski definition) is 4. The lowest BCUT2D eigenvalue weighted by Crippen LogP contribution is -2.51. The molecular formula is C16H25N5O3. The van der Waals surface area contributed by atoms with Crippen molar-refractivity contribution < 1.29 is 14.7 Å². The Bertz CT molecular complexity index is 629. The van der Waals surface area contributed by atoms with Gasteiger partial charge in [0.1, 0.15) is 5.82 Å². The number of amides is 2. The third-order valence-electron chi connectivity index (χ3n) is 4.87. The maximum Gasteiger partial charge on any atom is 0.317 e. The molecule has 2 saturated heterocycles. The van der Waals surface area contributed by atoms with Gasteiger partial charge in [-0.3, -0.25) is 9.48 Å². The van der Waals surface area contributed by atoms with E-state index in [4.69, 9.17) is 5.11 Å². The monoisotopic (exact) mass is 335 g/mol. The van der Waals surface area contributed by atoms with Crippen LogP contribution in [-0.2, 0) is 11.8 Å². The number of carbonyl (C=O) groups excluding carboxylic acids is 1. The first kappa shape index (κ1) is 16.6. The number of nitrogens with zero attached hydrogens (tertiary/aromatic N) is 4. The molecule has 3 heterocycles. The first-order chi connectivity index (χ1) is 11.4. The number of aliphatic carboxylic acids is 1. The highest BCUT2D eigenvalue weighted by atomic mass is 16.4. The van der Waals surface area contributed by atoms with Crippen molar-refractivity contribution in [3.05, 3.63) is 11.8 Å². The topological polar surface area (TPSA) is 90.7 Å². The first-order valence-electron chi connectivity index (χ1n) is 8.48. The molecule has 1 aromatic rings. The molecule has 0 saturated carbocycles. The van der Waals surface area contributed by atoms with E-state index < -0.39 is 11.9 Å². The second-order valence-corrected chi connectivity index (χ2v) is 6.77. The van der Waals surface area contributed by atoms with Crippen LogP contribution in [0.4, 0.5) is 10.6 Å². The Morgan fingerprint density at radius 2 is 2.08 bits per heavy atom. The van der Waals surface area contributed by atoms with E-state index in [0.29, 0.717) is 19.5 Å². The van der Waals surface area contributed by atoms with Crippen molar-refractivity contribution in [3.63, 3.8) is 0 Å². The maximum atomic E-state index is 12.4. The minimum absolute atomic E-state index is 0.0744. The minimum Gasteiger partial charge on any atom is -0.481 e. The van der Waals surface area contributed by atoms with E-state index >= 15 is 0 Å². The van der Waals surface area contributed by atoms with Crippen LogP contribution in [0, 0.1) is 12.8 Å². The smallest absolute Gasteiger partial charge is 0.317 e. The van der Waals surface area contributed by atoms with Gasteiger partial charge in [0.05, 0.1) is 11.6 Å². The van der Waals surface area contributed by atoms with E-state index in [-0.39, 0.29) is 12.1 Å². The second kappa shape index (κ2) is 6.70. The Morgan fingerprint density at radius 1 is 1.29 bits per heavy atom. The van der Waals surface area contributed by atoms with Crippen molar-refractivity contribution in [2.75, 3.05) is 31.1 Å². The summed E-state index contributed by atoms with van der Waals surface area (Å²) < 4.78 is 1.87. The summed E-state index contributed by atoms with van der Waals surface area (Å²) in [7, 11) is 1.93. The number of piperidine rings is 1. The fraction of sp³-hybridized carbons (Fsp3) is 0.688. The number of anilines is 1. The molecule has 0 aliphatic carbocycles. The number of nitrogens with one attached hydrogen (secondary N) is 1. The van der Waals surface area contributed by atoms with Crippen LogP contribution in [0.3, 0.4) is 0 Å². The first-order valence-corrected chi connectivity index (χ1v) is 8.48. The summed E-state index contributed by atoms with van der Waals surface area (Å²) >= 11 is 0. The molecule has 1 aromatic heterocycles. The van der Waals surface area contributed by atoms with Crippen molar-refractivity contribution >= 4 is 17.8 Å². The highest BCUT2D eigenvalue weighted by Crippen LogP contribution is 2.21. The van der Waals surface area contributed by atoms with Gasteiger partial charge in [-0.05, 0) is 26.2 Å². The van der Waals surface area contributed by atoms with Crippen LogP contribution in [0.15, 0.2) is 6.07 Å². The Kier molecular flexibility index (Phi) is 4.64. The number of carboxylic acids is 1. The van der Waals surface area contributed by atoms with Crippen LogP contribution in [0.1, 0.15) is 25.0 Å². The molecule has 0 bridgehead atoms. The van der Waals surface area contributed by atoms with E-state index in [9.17, 15) is 9.59 Å². The quantitative estimate of drug-likeness (QED) is 0.853. The van der Waals surface area contributed by atoms with Gasteiger partial charge in [-0.25, -0.2) is 4.79 Å². The van der Waals surface area contributed by atoms with E-state index in [0.717, 1.165) is 37.4 Å².